The van der Waals surface area contributed by atoms with E-state index < -0.39 is 0 Å². The number of carbonyl (C=O) groups excluding carboxylic acids is 1. The topological polar surface area (TPSA) is 57.6 Å². The Labute approximate surface area is 139 Å². The smallest absolute Gasteiger partial charge is 0.270 e. The van der Waals surface area contributed by atoms with Crippen LogP contribution >= 0.6 is 11.3 Å². The van der Waals surface area contributed by atoms with Crippen molar-refractivity contribution in [1.82, 2.24) is 10.3 Å². The standard InChI is InChI=1S/C17H18N4OS/c1-10-9-23-15-12(10)8-21(17(15)22)14-5-3-4-13(20-14)16(18-2)19-11-6-7-11/h3-5,9,11H,6-8H2,1-2H3,(H,18,19). The van der Waals surface area contributed by atoms with Crippen LogP contribution in [-0.2, 0) is 6.54 Å². The molecule has 0 unspecified atom stereocenters. The SMILES string of the molecule is CN=C(NC1CC1)c1cccc(N2Cc3c(C)csc3C2=O)n1. The van der Waals surface area contributed by atoms with E-state index in [-0.39, 0.29) is 5.91 Å². The summed E-state index contributed by atoms with van der Waals surface area (Å²) in [5.74, 6) is 1.54. The fourth-order valence-corrected chi connectivity index (χ4v) is 3.78. The molecule has 0 bridgehead atoms. The summed E-state index contributed by atoms with van der Waals surface area (Å²) in [6, 6.07) is 6.27. The van der Waals surface area contributed by atoms with Crippen molar-refractivity contribution in [3.8, 4) is 0 Å². The van der Waals surface area contributed by atoms with E-state index in [0.29, 0.717) is 18.4 Å². The van der Waals surface area contributed by atoms with Crippen LogP contribution in [0.1, 0.15) is 39.3 Å². The van der Waals surface area contributed by atoms with Crippen molar-refractivity contribution >= 4 is 28.9 Å². The molecule has 118 valence electrons. The maximum absolute atomic E-state index is 12.6. The van der Waals surface area contributed by atoms with Gasteiger partial charge in [-0.05, 0) is 48.4 Å². The van der Waals surface area contributed by atoms with Gasteiger partial charge in [0.25, 0.3) is 5.91 Å². The zero-order valence-electron chi connectivity index (χ0n) is 13.2. The van der Waals surface area contributed by atoms with Gasteiger partial charge in [0, 0.05) is 13.1 Å². The van der Waals surface area contributed by atoms with Crippen molar-refractivity contribution < 1.29 is 4.79 Å². The van der Waals surface area contributed by atoms with Crippen LogP contribution in [0.25, 0.3) is 0 Å². The highest BCUT2D eigenvalue weighted by Gasteiger charge is 2.32. The molecule has 0 saturated heterocycles. The Hall–Kier alpha value is -2.21. The van der Waals surface area contributed by atoms with Crippen LogP contribution in [0, 0.1) is 6.92 Å². The molecule has 2 aliphatic rings. The second-order valence-electron chi connectivity index (χ2n) is 5.99. The third kappa shape index (κ3) is 2.53. The molecule has 2 aromatic heterocycles. The lowest BCUT2D eigenvalue weighted by Gasteiger charge is -2.16. The number of nitrogens with zero attached hydrogens (tertiary/aromatic N) is 3. The molecule has 23 heavy (non-hydrogen) atoms. The third-order valence-corrected chi connectivity index (χ3v) is 5.38. The van der Waals surface area contributed by atoms with Crippen LogP contribution in [0.4, 0.5) is 5.82 Å². The van der Waals surface area contributed by atoms with Crippen molar-refractivity contribution in [3.05, 3.63) is 45.3 Å². The van der Waals surface area contributed by atoms with Gasteiger partial charge in [-0.25, -0.2) is 4.98 Å². The summed E-state index contributed by atoms with van der Waals surface area (Å²) in [5, 5.41) is 5.44. The number of amides is 1. The highest BCUT2D eigenvalue weighted by atomic mass is 32.1. The molecule has 1 aliphatic carbocycles. The van der Waals surface area contributed by atoms with Gasteiger partial charge in [0.15, 0.2) is 0 Å². The monoisotopic (exact) mass is 326 g/mol. The molecule has 0 aromatic carbocycles. The summed E-state index contributed by atoms with van der Waals surface area (Å²) in [5.41, 5.74) is 3.10. The van der Waals surface area contributed by atoms with Crippen LogP contribution in [-0.4, -0.2) is 29.8 Å². The summed E-state index contributed by atoms with van der Waals surface area (Å²) in [6.07, 6.45) is 2.37. The highest BCUT2D eigenvalue weighted by Crippen LogP contribution is 2.33. The number of hydrogen-bond acceptors (Lipinski definition) is 4. The highest BCUT2D eigenvalue weighted by molar-refractivity contribution is 7.12. The number of rotatable bonds is 3. The lowest BCUT2D eigenvalue weighted by molar-refractivity contribution is 0.0999. The molecule has 2 aromatic rings. The molecule has 4 rings (SSSR count). The predicted octanol–water partition coefficient (Wildman–Crippen LogP) is 2.74. The van der Waals surface area contributed by atoms with Gasteiger partial charge in [0.1, 0.15) is 17.3 Å². The lowest BCUT2D eigenvalue weighted by atomic mass is 10.2. The maximum Gasteiger partial charge on any atom is 0.270 e. The molecule has 1 fully saturated rings. The molecule has 1 amide bonds. The van der Waals surface area contributed by atoms with Gasteiger partial charge in [-0.1, -0.05) is 6.07 Å². The largest absolute Gasteiger partial charge is 0.366 e. The van der Waals surface area contributed by atoms with Gasteiger partial charge >= 0.3 is 0 Å². The number of hydrogen-bond donors (Lipinski definition) is 1. The quantitative estimate of drug-likeness (QED) is 0.697. The molecule has 5 nitrogen and oxygen atoms in total. The normalized spacial score (nSPS) is 17.6. The third-order valence-electron chi connectivity index (χ3n) is 4.25. The average Bonchev–Trinajstić information content (AvgIpc) is 3.23. The van der Waals surface area contributed by atoms with Crippen LogP contribution in [0.5, 0.6) is 0 Å². The number of amidine groups is 1. The molecule has 3 heterocycles. The zero-order valence-corrected chi connectivity index (χ0v) is 14.0. The van der Waals surface area contributed by atoms with Crippen LogP contribution in [0.2, 0.25) is 0 Å². The van der Waals surface area contributed by atoms with E-state index in [2.05, 4.69) is 22.2 Å². The number of nitrogens with one attached hydrogen (secondary N) is 1. The molecular weight excluding hydrogens is 308 g/mol. The summed E-state index contributed by atoms with van der Waals surface area (Å²) in [4.78, 5) is 24.2. The summed E-state index contributed by atoms with van der Waals surface area (Å²) >= 11 is 1.52. The average molecular weight is 326 g/mol. The minimum absolute atomic E-state index is 0.0490. The first-order valence-electron chi connectivity index (χ1n) is 7.77. The molecule has 1 saturated carbocycles. The Morgan fingerprint density at radius 3 is 2.96 bits per heavy atom. The number of aromatic nitrogens is 1. The minimum Gasteiger partial charge on any atom is -0.366 e. The van der Waals surface area contributed by atoms with Crippen molar-refractivity contribution in [2.24, 2.45) is 4.99 Å². The summed E-state index contributed by atoms with van der Waals surface area (Å²) in [7, 11) is 1.76. The van der Waals surface area contributed by atoms with E-state index in [1.165, 1.54) is 29.7 Å². The second kappa shape index (κ2) is 5.45. The summed E-state index contributed by atoms with van der Waals surface area (Å²) in [6.45, 7) is 2.66. The maximum atomic E-state index is 12.6. The van der Waals surface area contributed by atoms with Crippen molar-refractivity contribution in [3.63, 3.8) is 0 Å². The van der Waals surface area contributed by atoms with Crippen LogP contribution in [0.3, 0.4) is 0 Å². The van der Waals surface area contributed by atoms with E-state index in [9.17, 15) is 4.79 Å². The first-order valence-corrected chi connectivity index (χ1v) is 8.65. The Kier molecular flexibility index (Phi) is 3.41. The van der Waals surface area contributed by atoms with E-state index in [0.717, 1.165) is 22.0 Å². The summed E-state index contributed by atoms with van der Waals surface area (Å²) < 4.78 is 0. The van der Waals surface area contributed by atoms with Gasteiger partial charge in [0.05, 0.1) is 11.4 Å². The van der Waals surface area contributed by atoms with Crippen LogP contribution in [0.15, 0.2) is 28.6 Å². The molecule has 1 aliphatic heterocycles. The number of carbonyl (C=O) groups is 1. The van der Waals surface area contributed by atoms with Gasteiger partial charge in [0.2, 0.25) is 0 Å². The van der Waals surface area contributed by atoms with Crippen LogP contribution < -0.4 is 10.2 Å². The molecule has 1 N–H and O–H groups in total. The Morgan fingerprint density at radius 2 is 2.26 bits per heavy atom. The fourth-order valence-electron chi connectivity index (χ4n) is 2.76. The molecule has 6 heteroatoms. The van der Waals surface area contributed by atoms with E-state index >= 15 is 0 Å². The molecule has 0 spiro atoms. The Morgan fingerprint density at radius 1 is 1.43 bits per heavy atom. The first-order chi connectivity index (χ1) is 11.2. The number of pyridine rings is 1. The Bertz CT molecular complexity index is 807. The molecule has 0 radical (unpaired) electrons. The van der Waals surface area contributed by atoms with Gasteiger partial charge in [-0.3, -0.25) is 14.7 Å². The van der Waals surface area contributed by atoms with E-state index in [1.54, 1.807) is 11.9 Å². The van der Waals surface area contributed by atoms with Gasteiger partial charge < -0.3 is 5.32 Å². The predicted molar refractivity (Wildman–Crippen MR) is 92.4 cm³/mol. The number of anilines is 1. The number of thiophene rings is 1. The van der Waals surface area contributed by atoms with Crippen molar-refractivity contribution in [2.45, 2.75) is 32.4 Å². The van der Waals surface area contributed by atoms with Gasteiger partial charge in [-0.2, -0.15) is 0 Å². The van der Waals surface area contributed by atoms with E-state index in [4.69, 9.17) is 0 Å². The lowest BCUT2D eigenvalue weighted by Crippen LogP contribution is -2.29. The second-order valence-corrected chi connectivity index (χ2v) is 6.87. The fraction of sp³-hybridized carbons (Fsp3) is 0.353. The van der Waals surface area contributed by atoms with Gasteiger partial charge in [-0.15, -0.1) is 11.3 Å². The zero-order chi connectivity index (χ0) is 16.0. The Balaban J connectivity index is 1.63. The first kappa shape index (κ1) is 14.4. The number of fused-ring (bicyclic) bond motifs is 1. The molecular formula is C17H18N4OS. The van der Waals surface area contributed by atoms with Crippen molar-refractivity contribution in [2.75, 3.05) is 11.9 Å². The molecule has 0 atom stereocenters. The van der Waals surface area contributed by atoms with E-state index in [1.807, 2.05) is 23.6 Å². The minimum atomic E-state index is 0.0490. The van der Waals surface area contributed by atoms with Crippen molar-refractivity contribution in [1.29, 1.82) is 0 Å². The number of aryl methyl sites for hydroxylation is 1. The number of aliphatic imine (C=N–C) groups is 1.